The van der Waals surface area contributed by atoms with Crippen molar-refractivity contribution in [3.05, 3.63) is 57.1 Å². The van der Waals surface area contributed by atoms with Crippen LogP contribution in [-0.4, -0.2) is 29.8 Å². The second kappa shape index (κ2) is 5.29. The van der Waals surface area contributed by atoms with Crippen LogP contribution in [0.5, 0.6) is 0 Å². The number of benzene rings is 1. The molecule has 0 fully saturated rings. The quantitative estimate of drug-likeness (QED) is 0.369. The van der Waals surface area contributed by atoms with E-state index in [0.717, 1.165) is 16.2 Å². The van der Waals surface area contributed by atoms with E-state index in [-0.39, 0.29) is 26.7 Å². The highest BCUT2D eigenvalue weighted by molar-refractivity contribution is 7.19. The number of thiophene rings is 1. The number of carbonyl (C=O) groups excluding carboxylic acids is 3. The molecule has 2 aromatic rings. The first-order chi connectivity index (χ1) is 10.9. The zero-order valence-electron chi connectivity index (χ0n) is 11.6. The van der Waals surface area contributed by atoms with Crippen LogP contribution in [-0.2, 0) is 4.74 Å². The molecular weight excluding hydrogens is 324 g/mol. The van der Waals surface area contributed by atoms with E-state index in [0.29, 0.717) is 0 Å². The second-order valence-corrected chi connectivity index (χ2v) is 5.61. The van der Waals surface area contributed by atoms with Crippen molar-refractivity contribution in [2.24, 2.45) is 0 Å². The largest absolute Gasteiger partial charge is 0.465 e. The van der Waals surface area contributed by atoms with Gasteiger partial charge >= 0.3 is 11.0 Å². The Kier molecular flexibility index (Phi) is 3.41. The SMILES string of the molecule is COC(=O)c1ccc2c(c1)C(=O)N(c1ccc([N+](=O)[O-])s1)C2=O. The molecule has 1 aromatic heterocycles. The Morgan fingerprint density at radius 1 is 1.17 bits per heavy atom. The smallest absolute Gasteiger partial charge is 0.337 e. The summed E-state index contributed by atoms with van der Waals surface area (Å²) in [5.41, 5.74) is 0.346. The maximum atomic E-state index is 12.4. The van der Waals surface area contributed by atoms with Crippen molar-refractivity contribution in [2.75, 3.05) is 12.0 Å². The number of carbonyl (C=O) groups is 3. The van der Waals surface area contributed by atoms with Crippen molar-refractivity contribution in [1.82, 2.24) is 0 Å². The molecule has 9 heteroatoms. The fourth-order valence-corrected chi connectivity index (χ4v) is 3.04. The normalized spacial score (nSPS) is 13.2. The Morgan fingerprint density at radius 3 is 2.48 bits per heavy atom. The fraction of sp³-hybridized carbons (Fsp3) is 0.0714. The fourth-order valence-electron chi connectivity index (χ4n) is 2.22. The topological polar surface area (TPSA) is 107 Å². The summed E-state index contributed by atoms with van der Waals surface area (Å²) in [6.07, 6.45) is 0. The Balaban J connectivity index is 2.03. The van der Waals surface area contributed by atoms with Crippen molar-refractivity contribution in [3.8, 4) is 0 Å². The number of nitrogens with zero attached hydrogens (tertiary/aromatic N) is 2. The third-order valence-corrected chi connectivity index (χ3v) is 4.31. The lowest BCUT2D eigenvalue weighted by atomic mass is 10.1. The number of rotatable bonds is 3. The number of amides is 2. The Morgan fingerprint density at radius 2 is 1.87 bits per heavy atom. The number of hydrogen-bond donors (Lipinski definition) is 0. The molecule has 3 rings (SSSR count). The van der Waals surface area contributed by atoms with Crippen LogP contribution in [0.4, 0.5) is 10.0 Å². The lowest BCUT2D eigenvalue weighted by Gasteiger charge is -2.09. The van der Waals surface area contributed by atoms with E-state index in [1.807, 2.05) is 0 Å². The molecule has 0 N–H and O–H groups in total. The van der Waals surface area contributed by atoms with Gasteiger partial charge < -0.3 is 4.74 Å². The van der Waals surface area contributed by atoms with Crippen LogP contribution >= 0.6 is 11.3 Å². The number of anilines is 1. The number of esters is 1. The van der Waals surface area contributed by atoms with Gasteiger partial charge in [-0.3, -0.25) is 19.7 Å². The van der Waals surface area contributed by atoms with Gasteiger partial charge in [-0.2, -0.15) is 0 Å². The Hall–Kier alpha value is -3.07. The van der Waals surface area contributed by atoms with E-state index in [4.69, 9.17) is 0 Å². The molecule has 116 valence electrons. The zero-order chi connectivity index (χ0) is 16.7. The number of ether oxygens (including phenoxy) is 1. The Labute approximate surface area is 133 Å². The molecular formula is C14H8N2O6S. The molecule has 0 spiro atoms. The molecule has 1 aromatic carbocycles. The molecule has 0 unspecified atom stereocenters. The van der Waals surface area contributed by atoms with E-state index in [9.17, 15) is 24.5 Å². The highest BCUT2D eigenvalue weighted by Crippen LogP contribution is 2.36. The predicted octanol–water partition coefficient (Wildman–Crippen LogP) is 2.24. The molecule has 1 aliphatic heterocycles. The van der Waals surface area contributed by atoms with Gasteiger partial charge in [-0.05, 0) is 35.6 Å². The van der Waals surface area contributed by atoms with Crippen LogP contribution in [0.25, 0.3) is 0 Å². The van der Waals surface area contributed by atoms with Gasteiger partial charge in [0.15, 0.2) is 0 Å². The van der Waals surface area contributed by atoms with Gasteiger partial charge in [-0.1, -0.05) is 0 Å². The van der Waals surface area contributed by atoms with Crippen molar-refractivity contribution >= 4 is 39.1 Å². The van der Waals surface area contributed by atoms with Gasteiger partial charge in [-0.25, -0.2) is 9.69 Å². The van der Waals surface area contributed by atoms with E-state index >= 15 is 0 Å². The van der Waals surface area contributed by atoms with E-state index in [1.165, 1.54) is 37.4 Å². The number of fused-ring (bicyclic) bond motifs is 1. The summed E-state index contributed by atoms with van der Waals surface area (Å²) in [6.45, 7) is 0. The molecule has 0 atom stereocenters. The Bertz CT molecular complexity index is 872. The van der Waals surface area contributed by atoms with Gasteiger partial charge in [-0.15, -0.1) is 0 Å². The van der Waals surface area contributed by atoms with Crippen LogP contribution < -0.4 is 4.90 Å². The minimum atomic E-state index is -0.632. The molecule has 0 radical (unpaired) electrons. The minimum Gasteiger partial charge on any atom is -0.465 e. The maximum absolute atomic E-state index is 12.4. The number of imide groups is 1. The van der Waals surface area contributed by atoms with Gasteiger partial charge in [0.1, 0.15) is 5.00 Å². The lowest BCUT2D eigenvalue weighted by molar-refractivity contribution is -0.380. The zero-order valence-corrected chi connectivity index (χ0v) is 12.5. The molecule has 0 saturated heterocycles. The summed E-state index contributed by atoms with van der Waals surface area (Å²) in [7, 11) is 1.21. The van der Waals surface area contributed by atoms with Crippen LogP contribution in [0.2, 0.25) is 0 Å². The molecule has 0 bridgehead atoms. The average Bonchev–Trinajstić information content (AvgIpc) is 3.11. The molecule has 0 saturated carbocycles. The van der Waals surface area contributed by atoms with Gasteiger partial charge in [0.25, 0.3) is 11.8 Å². The lowest BCUT2D eigenvalue weighted by Crippen LogP contribution is -2.28. The number of hydrogen-bond acceptors (Lipinski definition) is 7. The third-order valence-electron chi connectivity index (χ3n) is 3.29. The van der Waals surface area contributed by atoms with E-state index in [2.05, 4.69) is 4.74 Å². The van der Waals surface area contributed by atoms with Gasteiger partial charge in [0.05, 0.1) is 28.7 Å². The molecule has 2 amide bonds. The number of methoxy groups -OCH3 is 1. The second-order valence-electron chi connectivity index (χ2n) is 4.57. The summed E-state index contributed by atoms with van der Waals surface area (Å²) < 4.78 is 4.58. The summed E-state index contributed by atoms with van der Waals surface area (Å²) in [5.74, 6) is -1.84. The first-order valence-electron chi connectivity index (χ1n) is 6.29. The van der Waals surface area contributed by atoms with Crippen LogP contribution in [0.1, 0.15) is 31.1 Å². The van der Waals surface area contributed by atoms with Gasteiger partial charge in [0, 0.05) is 6.07 Å². The summed E-state index contributed by atoms with van der Waals surface area (Å²) in [5, 5.41) is 10.7. The molecule has 23 heavy (non-hydrogen) atoms. The number of nitro groups is 1. The van der Waals surface area contributed by atoms with E-state index < -0.39 is 22.7 Å². The van der Waals surface area contributed by atoms with Crippen LogP contribution in [0, 0.1) is 10.1 Å². The van der Waals surface area contributed by atoms with Crippen molar-refractivity contribution < 1.29 is 24.0 Å². The van der Waals surface area contributed by atoms with Crippen molar-refractivity contribution in [3.63, 3.8) is 0 Å². The monoisotopic (exact) mass is 332 g/mol. The van der Waals surface area contributed by atoms with Crippen LogP contribution in [0.15, 0.2) is 30.3 Å². The first-order valence-corrected chi connectivity index (χ1v) is 7.11. The standard InChI is InChI=1S/C14H8N2O6S/c1-22-14(19)7-2-3-8-9(6-7)13(18)15(12(8)17)10-4-5-11(23-10)16(20)21/h2-6H,1H3. The van der Waals surface area contributed by atoms with Gasteiger partial charge in [0.2, 0.25) is 0 Å². The highest BCUT2D eigenvalue weighted by Gasteiger charge is 2.38. The van der Waals surface area contributed by atoms with Crippen molar-refractivity contribution in [2.45, 2.75) is 0 Å². The van der Waals surface area contributed by atoms with Crippen LogP contribution in [0.3, 0.4) is 0 Å². The molecule has 8 nitrogen and oxygen atoms in total. The molecule has 2 heterocycles. The first kappa shape index (κ1) is 14.9. The third kappa shape index (κ3) is 2.27. The highest BCUT2D eigenvalue weighted by atomic mass is 32.1. The summed E-state index contributed by atoms with van der Waals surface area (Å²) >= 11 is 0.725. The summed E-state index contributed by atoms with van der Waals surface area (Å²) in [6, 6.07) is 6.60. The molecule has 0 aliphatic carbocycles. The summed E-state index contributed by atoms with van der Waals surface area (Å²) in [4.78, 5) is 47.3. The maximum Gasteiger partial charge on any atom is 0.337 e. The average molecular weight is 332 g/mol. The van der Waals surface area contributed by atoms with E-state index in [1.54, 1.807) is 0 Å². The van der Waals surface area contributed by atoms with Crippen molar-refractivity contribution in [1.29, 1.82) is 0 Å². The molecule has 1 aliphatic rings. The minimum absolute atomic E-state index is 0.0638. The predicted molar refractivity (Wildman–Crippen MR) is 79.9 cm³/mol.